The van der Waals surface area contributed by atoms with Crippen LogP contribution in [0.15, 0.2) is 27.4 Å². The Morgan fingerprint density at radius 3 is 2.70 bits per heavy atom. The summed E-state index contributed by atoms with van der Waals surface area (Å²) in [4.78, 5) is 23.6. The van der Waals surface area contributed by atoms with Crippen molar-refractivity contribution in [1.29, 1.82) is 0 Å². The average Bonchev–Trinajstić information content (AvgIpc) is 2.24. The fraction of sp³-hybridized carbons (Fsp3) is 0.286. The first kappa shape index (κ1) is 14.1. The summed E-state index contributed by atoms with van der Waals surface area (Å²) in [6, 6.07) is 4.30. The number of likely N-dealkylation sites (N-methyl/N-ethyl adjacent to an activating group) is 1. The van der Waals surface area contributed by atoms with Crippen LogP contribution >= 0.6 is 0 Å². The molecule has 2 N–H and O–H groups in total. The molecule has 0 radical (unpaired) electrons. The van der Waals surface area contributed by atoms with E-state index in [1.54, 1.807) is 24.9 Å². The van der Waals surface area contributed by atoms with Gasteiger partial charge in [0.15, 0.2) is 0 Å². The number of hydrogen-bond donors (Lipinski definition) is 2. The number of fused-ring (bicyclic) bond motifs is 1. The molecule has 1 aromatic carbocycles. The van der Waals surface area contributed by atoms with Gasteiger partial charge in [-0.15, -0.1) is 0 Å². The molecule has 6 nitrogen and oxygen atoms in total. The van der Waals surface area contributed by atoms with Gasteiger partial charge in [-0.05, 0) is 31.2 Å². The predicted molar refractivity (Wildman–Crippen MR) is 72.9 cm³/mol. The Bertz CT molecular complexity index is 719. The van der Waals surface area contributed by atoms with Crippen LogP contribution in [-0.2, 0) is 11.3 Å². The maximum Gasteiger partial charge on any atom is 0.336 e. The van der Waals surface area contributed by atoms with Gasteiger partial charge < -0.3 is 14.6 Å². The lowest BCUT2D eigenvalue weighted by atomic mass is 10.0. The molecule has 1 aromatic heterocycles. The first-order chi connectivity index (χ1) is 9.36. The molecular formula is C14H15NO5. The molecule has 0 saturated heterocycles. The van der Waals surface area contributed by atoms with Crippen molar-refractivity contribution in [2.75, 3.05) is 13.6 Å². The van der Waals surface area contributed by atoms with E-state index in [0.717, 1.165) is 10.9 Å². The highest BCUT2D eigenvalue weighted by atomic mass is 16.4. The summed E-state index contributed by atoms with van der Waals surface area (Å²) in [5.41, 5.74) is 1.26. The van der Waals surface area contributed by atoms with Crippen molar-refractivity contribution >= 4 is 16.9 Å². The van der Waals surface area contributed by atoms with Crippen LogP contribution < -0.4 is 5.63 Å². The van der Waals surface area contributed by atoms with Crippen molar-refractivity contribution in [3.8, 4) is 5.75 Å². The minimum absolute atomic E-state index is 0.0232. The molecule has 0 fully saturated rings. The summed E-state index contributed by atoms with van der Waals surface area (Å²) in [5, 5.41) is 19.2. The molecule has 0 aliphatic heterocycles. The first-order valence-corrected chi connectivity index (χ1v) is 6.03. The Balaban J connectivity index is 2.52. The quantitative estimate of drug-likeness (QED) is 0.819. The number of aryl methyl sites for hydroxylation is 1. The molecule has 2 aromatic rings. The monoisotopic (exact) mass is 277 g/mol. The average molecular weight is 277 g/mol. The minimum Gasteiger partial charge on any atom is -0.508 e. The molecule has 6 heteroatoms. The van der Waals surface area contributed by atoms with Gasteiger partial charge in [-0.3, -0.25) is 9.69 Å². The number of benzene rings is 1. The Hall–Kier alpha value is -2.34. The Kier molecular flexibility index (Phi) is 3.76. The number of carbonyl (C=O) groups is 1. The third-order valence-corrected chi connectivity index (χ3v) is 2.95. The number of phenolic OH excluding ortho intramolecular Hbond substituents is 1. The van der Waals surface area contributed by atoms with E-state index < -0.39 is 11.6 Å². The van der Waals surface area contributed by atoms with Gasteiger partial charge in [-0.1, -0.05) is 0 Å². The highest BCUT2D eigenvalue weighted by Crippen LogP contribution is 2.27. The number of phenols is 1. The van der Waals surface area contributed by atoms with E-state index in [2.05, 4.69) is 0 Å². The highest BCUT2D eigenvalue weighted by molar-refractivity contribution is 5.85. The van der Waals surface area contributed by atoms with Crippen molar-refractivity contribution in [3.05, 3.63) is 39.7 Å². The van der Waals surface area contributed by atoms with Crippen molar-refractivity contribution in [3.63, 3.8) is 0 Å². The number of rotatable bonds is 4. The molecular weight excluding hydrogens is 262 g/mol. The maximum absolute atomic E-state index is 11.4. The van der Waals surface area contributed by atoms with E-state index in [9.17, 15) is 14.7 Å². The van der Waals surface area contributed by atoms with Crippen LogP contribution in [0.4, 0.5) is 0 Å². The molecule has 0 aliphatic carbocycles. The summed E-state index contributed by atoms with van der Waals surface area (Å²) in [6.45, 7) is 1.98. The van der Waals surface area contributed by atoms with Crippen LogP contribution in [0.5, 0.6) is 5.75 Å². The topological polar surface area (TPSA) is 91.0 Å². The number of carboxylic acids is 1. The van der Waals surface area contributed by atoms with Gasteiger partial charge in [0.25, 0.3) is 0 Å². The van der Waals surface area contributed by atoms with Crippen LogP contribution in [0.1, 0.15) is 11.1 Å². The van der Waals surface area contributed by atoms with E-state index in [4.69, 9.17) is 9.52 Å². The van der Waals surface area contributed by atoms with Crippen LogP contribution in [-0.4, -0.2) is 34.7 Å². The van der Waals surface area contributed by atoms with Crippen molar-refractivity contribution < 1.29 is 19.4 Å². The second-order valence-electron chi connectivity index (χ2n) is 4.79. The van der Waals surface area contributed by atoms with E-state index >= 15 is 0 Å². The van der Waals surface area contributed by atoms with Crippen LogP contribution in [0, 0.1) is 6.92 Å². The fourth-order valence-electron chi connectivity index (χ4n) is 2.27. The van der Waals surface area contributed by atoms with E-state index in [1.807, 2.05) is 0 Å². The lowest BCUT2D eigenvalue weighted by molar-refractivity contribution is -0.138. The van der Waals surface area contributed by atoms with Gasteiger partial charge in [0.05, 0.1) is 6.54 Å². The molecule has 0 unspecified atom stereocenters. The summed E-state index contributed by atoms with van der Waals surface area (Å²) >= 11 is 0. The molecule has 1 heterocycles. The van der Waals surface area contributed by atoms with Crippen LogP contribution in [0.3, 0.4) is 0 Å². The summed E-state index contributed by atoms with van der Waals surface area (Å²) < 4.78 is 5.08. The maximum atomic E-state index is 11.4. The zero-order valence-electron chi connectivity index (χ0n) is 11.2. The SMILES string of the molecule is Cc1cc(=O)oc2cc(O)cc(CN(C)CC(=O)O)c12. The third-order valence-electron chi connectivity index (χ3n) is 2.95. The normalized spacial score (nSPS) is 11.2. The summed E-state index contributed by atoms with van der Waals surface area (Å²) in [7, 11) is 1.67. The zero-order chi connectivity index (χ0) is 14.9. The van der Waals surface area contributed by atoms with Gasteiger partial charge in [0.2, 0.25) is 0 Å². The zero-order valence-corrected chi connectivity index (χ0v) is 11.2. The van der Waals surface area contributed by atoms with Crippen molar-refractivity contribution in [2.24, 2.45) is 0 Å². The molecule has 0 aliphatic rings. The van der Waals surface area contributed by atoms with E-state index in [0.29, 0.717) is 17.7 Å². The highest BCUT2D eigenvalue weighted by Gasteiger charge is 2.13. The first-order valence-electron chi connectivity index (χ1n) is 6.03. The van der Waals surface area contributed by atoms with Crippen molar-refractivity contribution in [2.45, 2.75) is 13.5 Å². The Morgan fingerprint density at radius 1 is 1.35 bits per heavy atom. The second-order valence-corrected chi connectivity index (χ2v) is 4.79. The van der Waals surface area contributed by atoms with Crippen LogP contribution in [0.25, 0.3) is 11.0 Å². The second kappa shape index (κ2) is 5.34. The molecule has 106 valence electrons. The molecule has 2 rings (SSSR count). The number of aromatic hydroxyl groups is 1. The van der Waals surface area contributed by atoms with Gasteiger partial charge in [-0.25, -0.2) is 4.79 Å². The smallest absolute Gasteiger partial charge is 0.336 e. The Labute approximate surface area is 114 Å². The molecule has 0 spiro atoms. The van der Waals surface area contributed by atoms with E-state index in [1.165, 1.54) is 12.1 Å². The van der Waals surface area contributed by atoms with Gasteiger partial charge in [0.1, 0.15) is 11.3 Å². The van der Waals surface area contributed by atoms with Gasteiger partial charge in [-0.2, -0.15) is 0 Å². The number of hydrogen-bond acceptors (Lipinski definition) is 5. The number of nitrogens with zero attached hydrogens (tertiary/aromatic N) is 1. The number of carboxylic acid groups (broad SMARTS) is 1. The Morgan fingerprint density at radius 2 is 2.05 bits per heavy atom. The lowest BCUT2D eigenvalue weighted by Crippen LogP contribution is -2.25. The predicted octanol–water partition coefficient (Wildman–Crippen LogP) is 1.32. The molecule has 0 atom stereocenters. The minimum atomic E-state index is -0.930. The van der Waals surface area contributed by atoms with E-state index in [-0.39, 0.29) is 12.3 Å². The summed E-state index contributed by atoms with van der Waals surface area (Å²) in [6.07, 6.45) is 0. The molecule has 0 bridgehead atoms. The lowest BCUT2D eigenvalue weighted by Gasteiger charge is -2.16. The fourth-order valence-corrected chi connectivity index (χ4v) is 2.27. The molecule has 0 amide bonds. The molecule has 0 saturated carbocycles. The largest absolute Gasteiger partial charge is 0.508 e. The number of aliphatic carboxylic acids is 1. The van der Waals surface area contributed by atoms with Crippen LogP contribution in [0.2, 0.25) is 0 Å². The molecule has 20 heavy (non-hydrogen) atoms. The third kappa shape index (κ3) is 2.97. The van der Waals surface area contributed by atoms with Gasteiger partial charge >= 0.3 is 11.6 Å². The standard InChI is InChI=1S/C14H15NO5/c1-8-3-13(19)20-11-5-10(16)4-9(14(8)11)6-15(2)7-12(17)18/h3-5,16H,6-7H2,1-2H3,(H,17,18). The van der Waals surface area contributed by atoms with Gasteiger partial charge in [0, 0.05) is 24.1 Å². The summed E-state index contributed by atoms with van der Waals surface area (Å²) in [5.74, 6) is -0.954. The van der Waals surface area contributed by atoms with Crippen molar-refractivity contribution in [1.82, 2.24) is 4.90 Å².